The molecule has 22 heavy (non-hydrogen) atoms. The molecule has 5 heteroatoms. The number of hydrogen-bond acceptors (Lipinski definition) is 4. The van der Waals surface area contributed by atoms with Crippen molar-refractivity contribution in [2.45, 2.75) is 36.5 Å². The standard InChI is InChI=1S/C17H18BrNO3/c1-21-13-7-10(18)8-6-11-9-2-3-12(20)16-17(9,4-5-19-11)14(8)15(13)22-16/h2-3,7,9,11-12,16,19-20H,4-6H2,1H3/t9-,11?,12-,16-,17?/m0/s1. The van der Waals surface area contributed by atoms with Crippen LogP contribution in [0.25, 0.3) is 0 Å². The molecule has 2 unspecified atom stereocenters. The van der Waals surface area contributed by atoms with Gasteiger partial charge in [0.05, 0.1) is 7.11 Å². The van der Waals surface area contributed by atoms with E-state index in [0.29, 0.717) is 12.0 Å². The molecule has 2 heterocycles. The van der Waals surface area contributed by atoms with Gasteiger partial charge >= 0.3 is 0 Å². The summed E-state index contributed by atoms with van der Waals surface area (Å²) >= 11 is 3.72. The van der Waals surface area contributed by atoms with Crippen molar-refractivity contribution < 1.29 is 14.6 Å². The van der Waals surface area contributed by atoms with Crippen molar-refractivity contribution in [1.29, 1.82) is 0 Å². The minimum absolute atomic E-state index is 0.121. The number of halogens is 1. The first kappa shape index (κ1) is 13.4. The zero-order chi connectivity index (χ0) is 15.1. The van der Waals surface area contributed by atoms with Gasteiger partial charge in [0.2, 0.25) is 0 Å². The average molecular weight is 364 g/mol. The Morgan fingerprint density at radius 1 is 1.45 bits per heavy atom. The monoisotopic (exact) mass is 363 g/mol. The summed E-state index contributed by atoms with van der Waals surface area (Å²) in [6, 6.07) is 2.41. The Morgan fingerprint density at radius 3 is 3.14 bits per heavy atom. The lowest BCUT2D eigenvalue weighted by molar-refractivity contribution is -0.0178. The lowest BCUT2D eigenvalue weighted by Gasteiger charge is -2.53. The number of methoxy groups -OCH3 is 1. The number of nitrogens with one attached hydrogen (secondary N) is 1. The highest BCUT2D eigenvalue weighted by Crippen LogP contribution is 2.62. The highest BCUT2D eigenvalue weighted by atomic mass is 79.9. The molecule has 0 radical (unpaired) electrons. The lowest BCUT2D eigenvalue weighted by Crippen LogP contribution is -2.64. The van der Waals surface area contributed by atoms with E-state index in [2.05, 4.69) is 27.3 Å². The Labute approximate surface area is 137 Å². The molecule has 1 aromatic carbocycles. The molecule has 1 spiro atoms. The molecular weight excluding hydrogens is 346 g/mol. The lowest BCUT2D eigenvalue weighted by atomic mass is 9.54. The van der Waals surface area contributed by atoms with E-state index in [-0.39, 0.29) is 11.5 Å². The van der Waals surface area contributed by atoms with Gasteiger partial charge in [0.15, 0.2) is 11.5 Å². The summed E-state index contributed by atoms with van der Waals surface area (Å²) in [5.41, 5.74) is 2.47. The second-order valence-corrected chi connectivity index (χ2v) is 7.59. The van der Waals surface area contributed by atoms with Crippen molar-refractivity contribution >= 4 is 15.9 Å². The fraction of sp³-hybridized carbons (Fsp3) is 0.529. The molecule has 116 valence electrons. The molecule has 4 aliphatic rings. The quantitative estimate of drug-likeness (QED) is 0.748. The van der Waals surface area contributed by atoms with Gasteiger partial charge in [-0.05, 0) is 31.0 Å². The maximum Gasteiger partial charge on any atom is 0.166 e. The minimum atomic E-state index is -0.558. The third-order valence-electron chi connectivity index (χ3n) is 5.96. The van der Waals surface area contributed by atoms with Gasteiger partial charge in [-0.15, -0.1) is 0 Å². The largest absolute Gasteiger partial charge is 0.493 e. The molecule has 2 aliphatic carbocycles. The first-order valence-corrected chi connectivity index (χ1v) is 8.62. The SMILES string of the molecule is COc1cc(Br)c2c3c1O[C@H]1[C@@H](O)C=C[C@H]4C(C2)NCCC341. The molecule has 2 bridgehead atoms. The number of ether oxygens (including phenoxy) is 2. The van der Waals surface area contributed by atoms with Crippen LogP contribution in [-0.2, 0) is 11.8 Å². The number of benzene rings is 1. The number of aliphatic hydroxyl groups excluding tert-OH is 1. The molecule has 0 amide bonds. The van der Waals surface area contributed by atoms with Gasteiger partial charge in [-0.2, -0.15) is 0 Å². The van der Waals surface area contributed by atoms with Gasteiger partial charge in [0.25, 0.3) is 0 Å². The number of aliphatic hydroxyl groups is 1. The molecule has 4 nitrogen and oxygen atoms in total. The molecule has 2 N–H and O–H groups in total. The molecule has 5 rings (SSSR count). The summed E-state index contributed by atoms with van der Waals surface area (Å²) < 4.78 is 12.9. The summed E-state index contributed by atoms with van der Waals surface area (Å²) in [5.74, 6) is 1.98. The second kappa shape index (κ2) is 4.28. The average Bonchev–Trinajstić information content (AvgIpc) is 2.84. The van der Waals surface area contributed by atoms with Crippen LogP contribution in [0.15, 0.2) is 22.7 Å². The first-order chi connectivity index (χ1) is 10.7. The van der Waals surface area contributed by atoms with Crippen LogP contribution >= 0.6 is 15.9 Å². The highest BCUT2D eigenvalue weighted by molar-refractivity contribution is 9.10. The molecule has 5 atom stereocenters. The molecule has 1 fully saturated rings. The van der Waals surface area contributed by atoms with Crippen LogP contribution in [0.2, 0.25) is 0 Å². The third-order valence-corrected chi connectivity index (χ3v) is 6.67. The van der Waals surface area contributed by atoms with E-state index in [1.54, 1.807) is 7.11 Å². The topological polar surface area (TPSA) is 50.7 Å². The van der Waals surface area contributed by atoms with Gasteiger partial charge in [0, 0.05) is 27.4 Å². The first-order valence-electron chi connectivity index (χ1n) is 7.83. The van der Waals surface area contributed by atoms with Gasteiger partial charge < -0.3 is 19.9 Å². The predicted octanol–water partition coefficient (Wildman–Crippen LogP) is 1.92. The zero-order valence-corrected chi connectivity index (χ0v) is 13.9. The van der Waals surface area contributed by atoms with E-state index in [4.69, 9.17) is 9.47 Å². The summed E-state index contributed by atoms with van der Waals surface area (Å²) in [4.78, 5) is 0. The maximum atomic E-state index is 10.5. The Morgan fingerprint density at radius 2 is 2.32 bits per heavy atom. The van der Waals surface area contributed by atoms with Crippen LogP contribution in [0.4, 0.5) is 0 Å². The molecule has 2 aliphatic heterocycles. The van der Waals surface area contributed by atoms with Crippen molar-refractivity contribution in [2.75, 3.05) is 13.7 Å². The van der Waals surface area contributed by atoms with E-state index in [1.807, 2.05) is 12.1 Å². The Kier molecular flexibility index (Phi) is 2.61. The summed E-state index contributed by atoms with van der Waals surface area (Å²) in [6.45, 7) is 0.968. The van der Waals surface area contributed by atoms with E-state index in [9.17, 15) is 5.11 Å². The molecule has 0 aromatic heterocycles. The Bertz CT molecular complexity index is 704. The minimum Gasteiger partial charge on any atom is -0.493 e. The fourth-order valence-corrected chi connectivity index (χ4v) is 5.72. The van der Waals surface area contributed by atoms with Crippen LogP contribution < -0.4 is 14.8 Å². The van der Waals surface area contributed by atoms with Gasteiger partial charge in [-0.1, -0.05) is 28.1 Å². The van der Waals surface area contributed by atoms with Crippen molar-refractivity contribution in [1.82, 2.24) is 5.32 Å². The van der Waals surface area contributed by atoms with Crippen LogP contribution in [0.5, 0.6) is 11.5 Å². The molecule has 1 aromatic rings. The normalized spacial score (nSPS) is 40.1. The van der Waals surface area contributed by atoms with Crippen molar-refractivity contribution in [3.05, 3.63) is 33.8 Å². The smallest absolute Gasteiger partial charge is 0.166 e. The number of piperidine rings is 1. The fourth-order valence-electron chi connectivity index (χ4n) is 5.16. The van der Waals surface area contributed by atoms with Gasteiger partial charge in [-0.3, -0.25) is 0 Å². The zero-order valence-electron chi connectivity index (χ0n) is 12.3. The second-order valence-electron chi connectivity index (χ2n) is 6.74. The number of rotatable bonds is 1. The Hall–Kier alpha value is -1.04. The van der Waals surface area contributed by atoms with Crippen LogP contribution in [-0.4, -0.2) is 37.0 Å². The maximum absolute atomic E-state index is 10.5. The summed E-state index contributed by atoms with van der Waals surface area (Å²) in [7, 11) is 1.67. The summed E-state index contributed by atoms with van der Waals surface area (Å²) in [6.07, 6.45) is 5.32. The van der Waals surface area contributed by atoms with Crippen molar-refractivity contribution in [3.63, 3.8) is 0 Å². The van der Waals surface area contributed by atoms with Gasteiger partial charge in [0.1, 0.15) is 12.2 Å². The predicted molar refractivity (Wildman–Crippen MR) is 85.5 cm³/mol. The Balaban J connectivity index is 1.86. The van der Waals surface area contributed by atoms with Crippen molar-refractivity contribution in [2.24, 2.45) is 5.92 Å². The van der Waals surface area contributed by atoms with E-state index in [0.717, 1.165) is 35.4 Å². The van der Waals surface area contributed by atoms with E-state index >= 15 is 0 Å². The molecule has 0 saturated carbocycles. The van der Waals surface area contributed by atoms with Gasteiger partial charge in [-0.25, -0.2) is 0 Å². The van der Waals surface area contributed by atoms with Crippen LogP contribution in [0.1, 0.15) is 17.5 Å². The van der Waals surface area contributed by atoms with Crippen molar-refractivity contribution in [3.8, 4) is 11.5 Å². The van der Waals surface area contributed by atoms with E-state index in [1.165, 1.54) is 11.1 Å². The van der Waals surface area contributed by atoms with Crippen LogP contribution in [0, 0.1) is 5.92 Å². The molecular formula is C17H18BrNO3. The highest BCUT2D eigenvalue weighted by Gasteiger charge is 2.63. The summed E-state index contributed by atoms with van der Waals surface area (Å²) in [5, 5.41) is 14.2. The van der Waals surface area contributed by atoms with Crippen LogP contribution in [0.3, 0.4) is 0 Å². The number of hydrogen-bond donors (Lipinski definition) is 2. The third kappa shape index (κ3) is 1.36. The molecule has 1 saturated heterocycles. The van der Waals surface area contributed by atoms with E-state index < -0.39 is 6.10 Å².